The first-order valence-electron chi connectivity index (χ1n) is 7.75. The summed E-state index contributed by atoms with van der Waals surface area (Å²) in [5.41, 5.74) is 0.232. The standard InChI is InChI=1S/C19H16F2O6/c1-23-14-8-12-15(19(26-4)18(14)25-3)16(22)13(27-12)7-9-5-10(20)17(24-2)11(21)6-9/h5-8H,1-4H3/b13-7+. The zero-order valence-corrected chi connectivity index (χ0v) is 15.0. The Labute approximate surface area is 153 Å². The lowest BCUT2D eigenvalue weighted by molar-refractivity contribution is 0.101. The smallest absolute Gasteiger partial charge is 0.235 e. The highest BCUT2D eigenvalue weighted by Gasteiger charge is 2.35. The van der Waals surface area contributed by atoms with Crippen molar-refractivity contribution >= 4 is 11.9 Å². The quantitative estimate of drug-likeness (QED) is 0.741. The third kappa shape index (κ3) is 3.03. The van der Waals surface area contributed by atoms with Crippen molar-refractivity contribution < 1.29 is 37.3 Å². The molecule has 6 nitrogen and oxygen atoms in total. The third-order valence-corrected chi connectivity index (χ3v) is 3.99. The number of Topliss-reactive ketones (excluding diaryl/α,β-unsaturated/α-hetero) is 1. The summed E-state index contributed by atoms with van der Waals surface area (Å²) in [6.07, 6.45) is 1.23. The Kier molecular flexibility index (Phi) is 4.89. The Hall–Kier alpha value is -3.29. The van der Waals surface area contributed by atoms with Crippen LogP contribution in [0, 0.1) is 11.6 Å². The van der Waals surface area contributed by atoms with Gasteiger partial charge in [-0.2, -0.15) is 0 Å². The molecule has 0 saturated heterocycles. The maximum Gasteiger partial charge on any atom is 0.235 e. The van der Waals surface area contributed by atoms with E-state index in [1.54, 1.807) is 0 Å². The molecule has 0 unspecified atom stereocenters. The lowest BCUT2D eigenvalue weighted by Crippen LogP contribution is -2.02. The molecule has 1 aliphatic rings. The Bertz CT molecular complexity index is 929. The summed E-state index contributed by atoms with van der Waals surface area (Å²) in [5.74, 6) is -2.05. The Morgan fingerprint density at radius 3 is 1.96 bits per heavy atom. The van der Waals surface area contributed by atoms with Crippen molar-refractivity contribution in [1.82, 2.24) is 0 Å². The Balaban J connectivity index is 2.08. The average Bonchev–Trinajstić information content (AvgIpc) is 2.95. The van der Waals surface area contributed by atoms with Gasteiger partial charge < -0.3 is 23.7 Å². The Morgan fingerprint density at radius 2 is 1.44 bits per heavy atom. The van der Waals surface area contributed by atoms with Gasteiger partial charge in [0, 0.05) is 6.07 Å². The molecule has 0 N–H and O–H groups in total. The molecule has 142 valence electrons. The van der Waals surface area contributed by atoms with Crippen molar-refractivity contribution in [3.8, 4) is 28.7 Å². The van der Waals surface area contributed by atoms with E-state index in [2.05, 4.69) is 4.74 Å². The Morgan fingerprint density at radius 1 is 0.852 bits per heavy atom. The van der Waals surface area contributed by atoms with Gasteiger partial charge in [0.1, 0.15) is 11.3 Å². The summed E-state index contributed by atoms with van der Waals surface area (Å²) in [5, 5.41) is 0. The first-order chi connectivity index (χ1) is 12.9. The summed E-state index contributed by atoms with van der Waals surface area (Å²) >= 11 is 0. The van der Waals surface area contributed by atoms with E-state index in [1.165, 1.54) is 33.5 Å². The van der Waals surface area contributed by atoms with Crippen molar-refractivity contribution in [3.05, 3.63) is 46.7 Å². The van der Waals surface area contributed by atoms with Crippen LogP contribution < -0.4 is 23.7 Å². The molecule has 0 bridgehead atoms. The molecule has 0 aromatic heterocycles. The van der Waals surface area contributed by atoms with Crippen LogP contribution in [0.3, 0.4) is 0 Å². The van der Waals surface area contributed by atoms with Gasteiger partial charge in [0.25, 0.3) is 0 Å². The van der Waals surface area contributed by atoms with Crippen LogP contribution in [0.25, 0.3) is 6.08 Å². The van der Waals surface area contributed by atoms with Crippen LogP contribution in [0.4, 0.5) is 8.78 Å². The topological polar surface area (TPSA) is 63.2 Å². The molecule has 0 atom stereocenters. The first kappa shape index (κ1) is 18.5. The molecule has 2 aromatic rings. The molecule has 8 heteroatoms. The van der Waals surface area contributed by atoms with Crippen LogP contribution in [0.2, 0.25) is 0 Å². The second-order valence-electron chi connectivity index (χ2n) is 5.48. The number of carbonyl (C=O) groups excluding carboxylic acids is 1. The summed E-state index contributed by atoms with van der Waals surface area (Å²) in [7, 11) is 5.38. The van der Waals surface area contributed by atoms with Gasteiger partial charge in [0.15, 0.2) is 34.6 Å². The molecular formula is C19H16F2O6. The number of benzene rings is 2. The largest absolute Gasteiger partial charge is 0.493 e. The molecule has 1 aliphatic heterocycles. The van der Waals surface area contributed by atoms with Crippen LogP contribution in [0.15, 0.2) is 24.0 Å². The van der Waals surface area contributed by atoms with Gasteiger partial charge >= 0.3 is 0 Å². The molecule has 0 amide bonds. The molecular weight excluding hydrogens is 362 g/mol. The SMILES string of the molecule is COc1cc2c(c(OC)c1OC)C(=O)/C(=C\c1cc(F)c(OC)c(F)c1)O2. The number of ether oxygens (including phenoxy) is 5. The monoisotopic (exact) mass is 378 g/mol. The second kappa shape index (κ2) is 7.14. The van der Waals surface area contributed by atoms with Crippen LogP contribution in [0.1, 0.15) is 15.9 Å². The van der Waals surface area contributed by atoms with Crippen molar-refractivity contribution in [1.29, 1.82) is 0 Å². The highest BCUT2D eigenvalue weighted by molar-refractivity contribution is 6.16. The highest BCUT2D eigenvalue weighted by atomic mass is 19.1. The third-order valence-electron chi connectivity index (χ3n) is 3.99. The molecule has 0 radical (unpaired) electrons. The molecule has 1 heterocycles. The van der Waals surface area contributed by atoms with E-state index in [1.807, 2.05) is 0 Å². The number of fused-ring (bicyclic) bond motifs is 1. The number of ketones is 1. The van der Waals surface area contributed by atoms with Crippen LogP contribution in [0.5, 0.6) is 28.7 Å². The van der Waals surface area contributed by atoms with Crippen molar-refractivity contribution in [3.63, 3.8) is 0 Å². The molecule has 0 saturated carbocycles. The fourth-order valence-electron chi connectivity index (χ4n) is 2.82. The van der Waals surface area contributed by atoms with E-state index >= 15 is 0 Å². The molecule has 0 aliphatic carbocycles. The van der Waals surface area contributed by atoms with Crippen molar-refractivity contribution in [2.75, 3.05) is 28.4 Å². The van der Waals surface area contributed by atoms with Gasteiger partial charge in [-0.3, -0.25) is 4.79 Å². The van der Waals surface area contributed by atoms with Gasteiger partial charge in [-0.05, 0) is 23.8 Å². The summed E-state index contributed by atoms with van der Waals surface area (Å²) < 4.78 is 53.7. The molecule has 2 aromatic carbocycles. The minimum Gasteiger partial charge on any atom is -0.493 e. The highest BCUT2D eigenvalue weighted by Crippen LogP contribution is 2.49. The lowest BCUT2D eigenvalue weighted by Gasteiger charge is -2.13. The van der Waals surface area contributed by atoms with Crippen LogP contribution in [-0.2, 0) is 0 Å². The van der Waals surface area contributed by atoms with E-state index in [4.69, 9.17) is 18.9 Å². The fourth-order valence-corrected chi connectivity index (χ4v) is 2.82. The number of halogens is 2. The van der Waals surface area contributed by atoms with Crippen LogP contribution in [-0.4, -0.2) is 34.2 Å². The second-order valence-corrected chi connectivity index (χ2v) is 5.48. The van der Waals surface area contributed by atoms with Crippen molar-refractivity contribution in [2.45, 2.75) is 0 Å². The van der Waals surface area contributed by atoms with Gasteiger partial charge in [-0.1, -0.05) is 0 Å². The lowest BCUT2D eigenvalue weighted by atomic mass is 10.1. The average molecular weight is 378 g/mol. The molecule has 0 fully saturated rings. The zero-order valence-electron chi connectivity index (χ0n) is 15.0. The van der Waals surface area contributed by atoms with Gasteiger partial charge in [-0.25, -0.2) is 8.78 Å². The molecule has 0 spiro atoms. The maximum absolute atomic E-state index is 13.9. The zero-order chi connectivity index (χ0) is 19.7. The number of methoxy groups -OCH3 is 4. The molecule has 3 rings (SSSR count). The van der Waals surface area contributed by atoms with Gasteiger partial charge in [-0.15, -0.1) is 0 Å². The molecule has 27 heavy (non-hydrogen) atoms. The number of carbonyl (C=O) groups is 1. The predicted octanol–water partition coefficient (Wildman–Crippen LogP) is 3.62. The summed E-state index contributed by atoms with van der Waals surface area (Å²) in [4.78, 5) is 12.8. The minimum absolute atomic E-state index is 0.0971. The maximum atomic E-state index is 13.9. The van der Waals surface area contributed by atoms with E-state index < -0.39 is 23.2 Å². The fraction of sp³-hybridized carbons (Fsp3) is 0.211. The predicted molar refractivity (Wildman–Crippen MR) is 91.9 cm³/mol. The van der Waals surface area contributed by atoms with E-state index in [0.29, 0.717) is 5.75 Å². The van der Waals surface area contributed by atoms with Gasteiger partial charge in [0.05, 0.1) is 28.4 Å². The number of rotatable bonds is 5. The summed E-state index contributed by atoms with van der Waals surface area (Å²) in [6.45, 7) is 0. The van der Waals surface area contributed by atoms with E-state index in [-0.39, 0.29) is 34.1 Å². The number of allylic oxidation sites excluding steroid dienone is 1. The normalized spacial score (nSPS) is 14.0. The minimum atomic E-state index is -0.895. The first-order valence-corrected chi connectivity index (χ1v) is 7.75. The van der Waals surface area contributed by atoms with Crippen molar-refractivity contribution in [2.24, 2.45) is 0 Å². The van der Waals surface area contributed by atoms with E-state index in [9.17, 15) is 13.6 Å². The van der Waals surface area contributed by atoms with E-state index in [0.717, 1.165) is 19.2 Å². The van der Waals surface area contributed by atoms with Crippen LogP contribution >= 0.6 is 0 Å². The van der Waals surface area contributed by atoms with Gasteiger partial charge in [0.2, 0.25) is 11.5 Å². The summed E-state index contributed by atoms with van der Waals surface area (Å²) in [6, 6.07) is 3.55. The number of hydrogen-bond acceptors (Lipinski definition) is 6. The number of hydrogen-bond donors (Lipinski definition) is 0.